The topological polar surface area (TPSA) is 32.3 Å². The Morgan fingerprint density at radius 3 is 2.24 bits per heavy atom. The summed E-state index contributed by atoms with van der Waals surface area (Å²) in [5.74, 6) is -1.51. The molecule has 1 aromatic carbocycles. The average molecular weight is 251 g/mol. The minimum Gasteiger partial charge on any atom is -0.386 e. The Kier molecular flexibility index (Phi) is 4.89. The summed E-state index contributed by atoms with van der Waals surface area (Å²) in [5.41, 5.74) is -0.228. The fourth-order valence-electron chi connectivity index (χ4n) is 1.41. The van der Waals surface area contributed by atoms with Gasteiger partial charge in [0.05, 0.1) is 0 Å². The lowest BCUT2D eigenvalue weighted by molar-refractivity contribution is -0.00447. The predicted octanol–water partition coefficient (Wildman–Crippen LogP) is 2.24. The number of rotatable bonds is 5. The van der Waals surface area contributed by atoms with Crippen molar-refractivity contribution in [1.29, 1.82) is 0 Å². The molecule has 0 aromatic heterocycles. The largest absolute Gasteiger partial charge is 0.386 e. The van der Waals surface area contributed by atoms with Gasteiger partial charge in [-0.1, -0.05) is 6.07 Å². The first kappa shape index (κ1) is 13.9. The van der Waals surface area contributed by atoms with Gasteiger partial charge in [0.2, 0.25) is 0 Å². The van der Waals surface area contributed by atoms with Crippen molar-refractivity contribution in [3.05, 3.63) is 35.4 Å². The monoisotopic (exact) mass is 251 g/mol. The lowest BCUT2D eigenvalue weighted by Gasteiger charge is -2.18. The van der Waals surface area contributed by atoms with Gasteiger partial charge < -0.3 is 10.4 Å². The molecule has 0 spiro atoms. The van der Waals surface area contributed by atoms with Crippen LogP contribution in [0, 0.1) is 11.6 Å². The van der Waals surface area contributed by atoms with Gasteiger partial charge >= 0.3 is 0 Å². The first-order valence-corrected chi connectivity index (χ1v) is 5.07. The van der Waals surface area contributed by atoms with Gasteiger partial charge in [-0.15, -0.1) is 0 Å². The standard InChI is InChI=1S/C11H13F4NO/c1-6(16-5-9(17)11(14)15)10-7(12)3-2-4-8(10)13/h2-4,6,9,11,16-17H,5H2,1H3. The smallest absolute Gasteiger partial charge is 0.265 e. The summed E-state index contributed by atoms with van der Waals surface area (Å²) in [6, 6.07) is 2.58. The molecule has 2 atom stereocenters. The molecule has 2 N–H and O–H groups in total. The van der Waals surface area contributed by atoms with Crippen LogP contribution in [0.4, 0.5) is 17.6 Å². The van der Waals surface area contributed by atoms with Gasteiger partial charge in [0, 0.05) is 18.2 Å². The second kappa shape index (κ2) is 5.97. The van der Waals surface area contributed by atoms with Crippen LogP contribution < -0.4 is 5.32 Å². The minimum atomic E-state index is -2.89. The molecule has 1 aromatic rings. The predicted molar refractivity (Wildman–Crippen MR) is 54.8 cm³/mol. The number of benzene rings is 1. The minimum absolute atomic E-state index is 0.228. The maximum atomic E-state index is 13.3. The summed E-state index contributed by atoms with van der Waals surface area (Å²) >= 11 is 0. The zero-order valence-corrected chi connectivity index (χ0v) is 9.13. The summed E-state index contributed by atoms with van der Waals surface area (Å²) in [7, 11) is 0. The van der Waals surface area contributed by atoms with Crippen molar-refractivity contribution in [3.8, 4) is 0 Å². The van der Waals surface area contributed by atoms with E-state index >= 15 is 0 Å². The van der Waals surface area contributed by atoms with Crippen LogP contribution in [0.25, 0.3) is 0 Å². The van der Waals surface area contributed by atoms with Gasteiger partial charge in [0.15, 0.2) is 0 Å². The molecule has 0 radical (unpaired) electrons. The molecule has 0 saturated carbocycles. The number of hydrogen-bond donors (Lipinski definition) is 2. The molecule has 2 nitrogen and oxygen atoms in total. The number of aliphatic hydroxyl groups excluding tert-OH is 1. The number of aliphatic hydroxyl groups is 1. The molecule has 17 heavy (non-hydrogen) atoms. The number of halogens is 4. The molecule has 2 unspecified atom stereocenters. The van der Waals surface area contributed by atoms with Crippen molar-refractivity contribution >= 4 is 0 Å². The Balaban J connectivity index is 2.67. The summed E-state index contributed by atoms with van der Waals surface area (Å²) < 4.78 is 50.6. The van der Waals surface area contributed by atoms with Crippen molar-refractivity contribution in [2.75, 3.05) is 6.54 Å². The van der Waals surface area contributed by atoms with E-state index in [2.05, 4.69) is 5.32 Å². The van der Waals surface area contributed by atoms with Crippen molar-refractivity contribution in [2.24, 2.45) is 0 Å². The van der Waals surface area contributed by atoms with E-state index < -0.39 is 36.8 Å². The quantitative estimate of drug-likeness (QED) is 0.787. The molecule has 0 fully saturated rings. The molecule has 6 heteroatoms. The van der Waals surface area contributed by atoms with Gasteiger partial charge in [-0.05, 0) is 19.1 Å². The maximum absolute atomic E-state index is 13.3. The van der Waals surface area contributed by atoms with E-state index in [0.29, 0.717) is 0 Å². The van der Waals surface area contributed by atoms with Crippen LogP contribution in [-0.4, -0.2) is 24.2 Å². The SMILES string of the molecule is CC(NCC(O)C(F)F)c1c(F)cccc1F. The van der Waals surface area contributed by atoms with Crippen LogP contribution in [0.5, 0.6) is 0 Å². The molecule has 0 aliphatic carbocycles. The van der Waals surface area contributed by atoms with Crippen molar-refractivity contribution < 1.29 is 22.7 Å². The summed E-state index contributed by atoms with van der Waals surface area (Å²) in [6.45, 7) is 0.992. The van der Waals surface area contributed by atoms with Crippen LogP contribution in [0.1, 0.15) is 18.5 Å². The van der Waals surface area contributed by atoms with Crippen LogP contribution >= 0.6 is 0 Å². The maximum Gasteiger partial charge on any atom is 0.265 e. The summed E-state index contributed by atoms with van der Waals surface area (Å²) in [4.78, 5) is 0. The van der Waals surface area contributed by atoms with Gasteiger partial charge in [0.25, 0.3) is 6.43 Å². The third kappa shape index (κ3) is 3.67. The van der Waals surface area contributed by atoms with E-state index in [1.54, 1.807) is 0 Å². The highest BCUT2D eigenvalue weighted by Gasteiger charge is 2.20. The fraction of sp³-hybridized carbons (Fsp3) is 0.455. The zero-order valence-electron chi connectivity index (χ0n) is 9.13. The normalized spacial score (nSPS) is 15.0. The van der Waals surface area contributed by atoms with E-state index in [4.69, 9.17) is 5.11 Å². The Morgan fingerprint density at radius 2 is 1.76 bits per heavy atom. The van der Waals surface area contributed by atoms with Crippen molar-refractivity contribution in [2.45, 2.75) is 25.5 Å². The van der Waals surface area contributed by atoms with E-state index in [1.165, 1.54) is 13.0 Å². The molecule has 0 heterocycles. The Morgan fingerprint density at radius 1 is 1.24 bits per heavy atom. The van der Waals surface area contributed by atoms with Crippen LogP contribution in [-0.2, 0) is 0 Å². The summed E-state index contributed by atoms with van der Waals surface area (Å²) in [6.07, 6.45) is -4.74. The second-order valence-electron chi connectivity index (χ2n) is 3.67. The molecule has 0 saturated heterocycles. The highest BCUT2D eigenvalue weighted by Crippen LogP contribution is 2.20. The Hall–Kier alpha value is -1.14. The second-order valence-corrected chi connectivity index (χ2v) is 3.67. The molecule has 1 rings (SSSR count). The zero-order chi connectivity index (χ0) is 13.0. The van der Waals surface area contributed by atoms with E-state index in [-0.39, 0.29) is 5.56 Å². The molecule has 0 aliphatic rings. The van der Waals surface area contributed by atoms with Gasteiger partial charge in [-0.25, -0.2) is 17.6 Å². The Labute approximate surface area is 96.3 Å². The Bertz CT molecular complexity index is 352. The molecule has 96 valence electrons. The lowest BCUT2D eigenvalue weighted by Crippen LogP contribution is -2.34. The first-order chi connectivity index (χ1) is 7.93. The van der Waals surface area contributed by atoms with Gasteiger partial charge in [0.1, 0.15) is 17.7 Å². The molecular weight excluding hydrogens is 238 g/mol. The van der Waals surface area contributed by atoms with Crippen LogP contribution in [0.3, 0.4) is 0 Å². The fourth-order valence-corrected chi connectivity index (χ4v) is 1.41. The lowest BCUT2D eigenvalue weighted by atomic mass is 10.1. The molecular formula is C11H13F4NO. The van der Waals surface area contributed by atoms with Crippen molar-refractivity contribution in [1.82, 2.24) is 5.32 Å². The van der Waals surface area contributed by atoms with E-state index in [0.717, 1.165) is 12.1 Å². The number of nitrogens with one attached hydrogen (secondary N) is 1. The highest BCUT2D eigenvalue weighted by atomic mass is 19.3. The van der Waals surface area contributed by atoms with Crippen LogP contribution in [0.15, 0.2) is 18.2 Å². The third-order valence-electron chi connectivity index (χ3n) is 2.36. The molecule has 0 amide bonds. The highest BCUT2D eigenvalue weighted by molar-refractivity contribution is 5.22. The van der Waals surface area contributed by atoms with Gasteiger partial charge in [-0.3, -0.25) is 0 Å². The molecule has 0 bridgehead atoms. The summed E-state index contributed by atoms with van der Waals surface area (Å²) in [5, 5.41) is 11.3. The van der Waals surface area contributed by atoms with Gasteiger partial charge in [-0.2, -0.15) is 0 Å². The first-order valence-electron chi connectivity index (χ1n) is 5.07. The average Bonchev–Trinajstić information content (AvgIpc) is 2.25. The van der Waals surface area contributed by atoms with Crippen LogP contribution in [0.2, 0.25) is 0 Å². The van der Waals surface area contributed by atoms with E-state index in [9.17, 15) is 17.6 Å². The number of hydrogen-bond acceptors (Lipinski definition) is 2. The number of alkyl halides is 2. The van der Waals surface area contributed by atoms with Crippen molar-refractivity contribution in [3.63, 3.8) is 0 Å². The third-order valence-corrected chi connectivity index (χ3v) is 2.36. The van der Waals surface area contributed by atoms with E-state index in [1.807, 2.05) is 0 Å². The molecule has 0 aliphatic heterocycles.